The highest BCUT2D eigenvalue weighted by molar-refractivity contribution is 14.1. The summed E-state index contributed by atoms with van der Waals surface area (Å²) >= 11 is 2.26. The van der Waals surface area contributed by atoms with Gasteiger partial charge in [-0.1, -0.05) is 12.1 Å². The van der Waals surface area contributed by atoms with E-state index in [0.717, 1.165) is 25.7 Å². The van der Waals surface area contributed by atoms with Crippen molar-refractivity contribution in [3.63, 3.8) is 0 Å². The van der Waals surface area contributed by atoms with Crippen LogP contribution in [0.5, 0.6) is 0 Å². The fourth-order valence-corrected chi connectivity index (χ4v) is 2.70. The zero-order valence-electron chi connectivity index (χ0n) is 12.0. The third-order valence-corrected chi connectivity index (χ3v) is 3.86. The number of amides is 1. The molecule has 0 fully saturated rings. The molecule has 1 heterocycles. The van der Waals surface area contributed by atoms with Crippen LogP contribution in [0.3, 0.4) is 0 Å². The molecule has 1 aromatic heterocycles. The summed E-state index contributed by atoms with van der Waals surface area (Å²) in [4.78, 5) is 19.5. The van der Waals surface area contributed by atoms with Gasteiger partial charge in [0.1, 0.15) is 12.1 Å². The van der Waals surface area contributed by atoms with Crippen LogP contribution in [-0.4, -0.2) is 15.9 Å². The standard InChI is InChI=1S/C17H13IN4O/c18-12-2-1-3-13(9-12)22-17-14-8-11(5-7-16(19)23)4-6-15(14)20-10-21-17/h1-10H,(H2,19,23)(H,20,21,22). The lowest BCUT2D eigenvalue weighted by Gasteiger charge is -2.09. The number of aromatic nitrogens is 2. The van der Waals surface area contributed by atoms with Crippen molar-refractivity contribution in [2.75, 3.05) is 5.32 Å². The first-order chi connectivity index (χ1) is 11.1. The zero-order chi connectivity index (χ0) is 16.2. The van der Waals surface area contributed by atoms with Crippen molar-refractivity contribution in [1.82, 2.24) is 9.97 Å². The molecule has 0 spiro atoms. The minimum Gasteiger partial charge on any atom is -0.366 e. The molecule has 23 heavy (non-hydrogen) atoms. The summed E-state index contributed by atoms with van der Waals surface area (Å²) in [6.45, 7) is 0. The normalized spacial score (nSPS) is 11.0. The Balaban J connectivity index is 2.02. The molecule has 2 aromatic carbocycles. The molecule has 5 nitrogen and oxygen atoms in total. The van der Waals surface area contributed by atoms with Crippen molar-refractivity contribution >= 4 is 57.0 Å². The van der Waals surface area contributed by atoms with Gasteiger partial charge < -0.3 is 11.1 Å². The fourth-order valence-electron chi connectivity index (χ4n) is 2.16. The van der Waals surface area contributed by atoms with Gasteiger partial charge in [0.15, 0.2) is 0 Å². The molecule has 0 radical (unpaired) electrons. The summed E-state index contributed by atoms with van der Waals surface area (Å²) in [5.74, 6) is 0.234. The molecule has 3 rings (SSSR count). The van der Waals surface area contributed by atoms with E-state index in [9.17, 15) is 4.79 Å². The lowest BCUT2D eigenvalue weighted by Crippen LogP contribution is -2.05. The number of nitrogens with one attached hydrogen (secondary N) is 1. The van der Waals surface area contributed by atoms with Gasteiger partial charge in [0.05, 0.1) is 5.52 Å². The van der Waals surface area contributed by atoms with Crippen LogP contribution in [0.2, 0.25) is 0 Å². The summed E-state index contributed by atoms with van der Waals surface area (Å²) in [5.41, 5.74) is 7.77. The average Bonchev–Trinajstić information content (AvgIpc) is 2.53. The number of primary amides is 1. The van der Waals surface area contributed by atoms with E-state index in [1.165, 1.54) is 12.4 Å². The van der Waals surface area contributed by atoms with Gasteiger partial charge in [-0.3, -0.25) is 4.79 Å². The van der Waals surface area contributed by atoms with Gasteiger partial charge in [0, 0.05) is 20.7 Å². The van der Waals surface area contributed by atoms with Crippen molar-refractivity contribution in [3.8, 4) is 0 Å². The first kappa shape index (κ1) is 15.4. The van der Waals surface area contributed by atoms with Gasteiger partial charge in [-0.15, -0.1) is 0 Å². The van der Waals surface area contributed by atoms with Gasteiger partial charge in [0.25, 0.3) is 0 Å². The van der Waals surface area contributed by atoms with E-state index in [1.807, 2.05) is 42.5 Å². The molecule has 0 saturated carbocycles. The van der Waals surface area contributed by atoms with Crippen molar-refractivity contribution in [3.05, 3.63) is 64.0 Å². The predicted molar refractivity (Wildman–Crippen MR) is 100 cm³/mol. The Bertz CT molecular complexity index is 908. The molecule has 0 aliphatic heterocycles. The van der Waals surface area contributed by atoms with Crippen molar-refractivity contribution in [2.24, 2.45) is 5.73 Å². The van der Waals surface area contributed by atoms with Crippen LogP contribution in [0.1, 0.15) is 5.56 Å². The lowest BCUT2D eigenvalue weighted by atomic mass is 10.1. The first-order valence-corrected chi connectivity index (χ1v) is 7.94. The number of halogens is 1. The quantitative estimate of drug-likeness (QED) is 0.504. The topological polar surface area (TPSA) is 80.9 Å². The summed E-state index contributed by atoms with van der Waals surface area (Å²) in [7, 11) is 0. The monoisotopic (exact) mass is 416 g/mol. The number of nitrogens with two attached hydrogens (primary N) is 1. The third-order valence-electron chi connectivity index (χ3n) is 3.19. The highest BCUT2D eigenvalue weighted by atomic mass is 127. The van der Waals surface area contributed by atoms with Crippen LogP contribution in [-0.2, 0) is 4.79 Å². The predicted octanol–water partition coefficient (Wildman–Crippen LogP) is 3.48. The number of carbonyl (C=O) groups excluding carboxylic acids is 1. The number of fused-ring (bicyclic) bond motifs is 1. The highest BCUT2D eigenvalue weighted by Gasteiger charge is 2.05. The second-order valence-electron chi connectivity index (χ2n) is 4.87. The Morgan fingerprint density at radius 2 is 2.04 bits per heavy atom. The number of anilines is 2. The number of rotatable bonds is 4. The largest absolute Gasteiger partial charge is 0.366 e. The van der Waals surface area contributed by atoms with Crippen LogP contribution in [0, 0.1) is 3.57 Å². The number of benzene rings is 2. The first-order valence-electron chi connectivity index (χ1n) is 6.87. The van der Waals surface area contributed by atoms with Crippen LogP contribution in [0.15, 0.2) is 54.9 Å². The summed E-state index contributed by atoms with van der Waals surface area (Å²) in [6.07, 6.45) is 4.53. The molecule has 0 bridgehead atoms. The van der Waals surface area contributed by atoms with Gasteiger partial charge in [0.2, 0.25) is 5.91 Å². The maximum Gasteiger partial charge on any atom is 0.241 e. The molecule has 6 heteroatoms. The van der Waals surface area contributed by atoms with Crippen LogP contribution in [0.25, 0.3) is 17.0 Å². The van der Waals surface area contributed by atoms with E-state index in [2.05, 4.69) is 37.9 Å². The summed E-state index contributed by atoms with van der Waals surface area (Å²) in [6, 6.07) is 13.7. The van der Waals surface area contributed by atoms with Gasteiger partial charge in [-0.05, 0) is 64.6 Å². The van der Waals surface area contributed by atoms with Crippen LogP contribution < -0.4 is 11.1 Å². The van der Waals surface area contributed by atoms with Crippen LogP contribution >= 0.6 is 22.6 Å². The zero-order valence-corrected chi connectivity index (χ0v) is 14.2. The molecule has 3 aromatic rings. The van der Waals surface area contributed by atoms with E-state index in [1.54, 1.807) is 6.08 Å². The maximum atomic E-state index is 10.9. The fraction of sp³-hybridized carbons (Fsp3) is 0. The molecule has 0 saturated heterocycles. The highest BCUT2D eigenvalue weighted by Crippen LogP contribution is 2.25. The number of hydrogen-bond donors (Lipinski definition) is 2. The van der Waals surface area contributed by atoms with E-state index < -0.39 is 5.91 Å². The number of nitrogens with zero attached hydrogens (tertiary/aromatic N) is 2. The van der Waals surface area contributed by atoms with Gasteiger partial charge >= 0.3 is 0 Å². The molecule has 0 aliphatic carbocycles. The second-order valence-corrected chi connectivity index (χ2v) is 6.12. The smallest absolute Gasteiger partial charge is 0.241 e. The van der Waals surface area contributed by atoms with Crippen LogP contribution in [0.4, 0.5) is 11.5 Å². The SMILES string of the molecule is NC(=O)C=Cc1ccc2ncnc(Nc3cccc(I)c3)c2c1. The average molecular weight is 416 g/mol. The molecule has 114 valence electrons. The second kappa shape index (κ2) is 6.74. The molecule has 0 aliphatic rings. The van der Waals surface area contributed by atoms with Crippen molar-refractivity contribution in [1.29, 1.82) is 0 Å². The minimum atomic E-state index is -0.480. The van der Waals surface area contributed by atoms with Gasteiger partial charge in [-0.25, -0.2) is 9.97 Å². The maximum absolute atomic E-state index is 10.9. The molecule has 0 unspecified atom stereocenters. The molecule has 0 atom stereocenters. The van der Waals surface area contributed by atoms with E-state index >= 15 is 0 Å². The Kier molecular flexibility index (Phi) is 4.52. The molecular weight excluding hydrogens is 403 g/mol. The summed E-state index contributed by atoms with van der Waals surface area (Å²) < 4.78 is 1.14. The molecule has 3 N–H and O–H groups in total. The Labute approximate surface area is 146 Å². The van der Waals surface area contributed by atoms with Crippen molar-refractivity contribution < 1.29 is 4.79 Å². The molecule has 1 amide bonds. The lowest BCUT2D eigenvalue weighted by molar-refractivity contribution is -0.113. The third kappa shape index (κ3) is 3.84. The Morgan fingerprint density at radius 3 is 2.83 bits per heavy atom. The summed E-state index contributed by atoms with van der Waals surface area (Å²) in [5, 5.41) is 4.18. The van der Waals surface area contributed by atoms with E-state index in [4.69, 9.17) is 5.73 Å². The Morgan fingerprint density at radius 1 is 1.17 bits per heavy atom. The van der Waals surface area contributed by atoms with Crippen molar-refractivity contribution in [2.45, 2.75) is 0 Å². The van der Waals surface area contributed by atoms with E-state index in [0.29, 0.717) is 5.82 Å². The Hall–Kier alpha value is -2.48. The molecular formula is C17H13IN4O. The number of carbonyl (C=O) groups is 1. The van der Waals surface area contributed by atoms with E-state index in [-0.39, 0.29) is 0 Å². The minimum absolute atomic E-state index is 0.480. The number of hydrogen-bond acceptors (Lipinski definition) is 4. The van der Waals surface area contributed by atoms with Gasteiger partial charge in [-0.2, -0.15) is 0 Å².